The van der Waals surface area contributed by atoms with Gasteiger partial charge in [0.1, 0.15) is 11.5 Å². The minimum absolute atomic E-state index is 0.242. The van der Waals surface area contributed by atoms with E-state index in [0.29, 0.717) is 21.9 Å². The predicted octanol–water partition coefficient (Wildman–Crippen LogP) is 3.44. The fraction of sp³-hybridized carbons (Fsp3) is 0.182. The Bertz CT molecular complexity index is 685. The molecule has 1 heterocycles. The van der Waals surface area contributed by atoms with Crippen molar-refractivity contribution in [1.82, 2.24) is 9.78 Å². The fourth-order valence-corrected chi connectivity index (χ4v) is 2.00. The summed E-state index contributed by atoms with van der Waals surface area (Å²) in [5.41, 5.74) is 0.0374. The van der Waals surface area contributed by atoms with E-state index in [1.807, 2.05) is 0 Å². The number of hydrogen-bond donors (Lipinski definition) is 0. The molecule has 0 unspecified atom stereocenters. The van der Waals surface area contributed by atoms with Crippen molar-refractivity contribution in [2.75, 3.05) is 0 Å². The zero-order valence-electron chi connectivity index (χ0n) is 9.95. The van der Waals surface area contributed by atoms with Gasteiger partial charge in [0, 0.05) is 12.1 Å². The maximum Gasteiger partial charge on any atom is 0.330 e. The van der Waals surface area contributed by atoms with Gasteiger partial charge in [0.05, 0.1) is 20.8 Å². The maximum absolute atomic E-state index is 13.6. The molecule has 0 aliphatic heterocycles. The van der Waals surface area contributed by atoms with E-state index in [-0.39, 0.29) is 5.69 Å². The Morgan fingerprint density at radius 1 is 1.37 bits per heavy atom. The average molecular weight is 332 g/mol. The minimum atomic E-state index is -1.23. The van der Waals surface area contributed by atoms with Gasteiger partial charge in [-0.2, -0.15) is 9.49 Å². The van der Waals surface area contributed by atoms with E-state index in [2.05, 4.69) is 21.0 Å². The molecule has 0 bridgehead atoms. The van der Waals surface area contributed by atoms with E-state index in [1.54, 1.807) is 13.8 Å². The van der Waals surface area contributed by atoms with Crippen molar-refractivity contribution in [3.63, 3.8) is 0 Å². The molecule has 8 heteroatoms. The summed E-state index contributed by atoms with van der Waals surface area (Å²) in [6.45, 7) is 3.31. The molecule has 19 heavy (non-hydrogen) atoms. The Morgan fingerprint density at radius 3 is 2.47 bits per heavy atom. The summed E-state index contributed by atoms with van der Waals surface area (Å²) in [4.78, 5) is 10.0. The SMILES string of the molecule is Cc1nn(-c2cc(F)cc(F)c2[N+](=O)[O-])c(C)c1Br. The van der Waals surface area contributed by atoms with Crippen molar-refractivity contribution in [2.45, 2.75) is 13.8 Å². The number of nitrogens with zero attached hydrogens (tertiary/aromatic N) is 3. The van der Waals surface area contributed by atoms with E-state index in [1.165, 1.54) is 0 Å². The highest BCUT2D eigenvalue weighted by atomic mass is 79.9. The summed E-state index contributed by atoms with van der Waals surface area (Å²) >= 11 is 3.26. The van der Waals surface area contributed by atoms with Gasteiger partial charge in [0.15, 0.2) is 0 Å². The molecule has 0 spiro atoms. The first-order valence-corrected chi connectivity index (χ1v) is 5.97. The topological polar surface area (TPSA) is 61.0 Å². The van der Waals surface area contributed by atoms with E-state index in [4.69, 9.17) is 0 Å². The third kappa shape index (κ3) is 2.23. The quantitative estimate of drug-likeness (QED) is 0.625. The average Bonchev–Trinajstić information content (AvgIpc) is 2.55. The first-order chi connectivity index (χ1) is 8.82. The second-order valence-corrected chi connectivity index (χ2v) is 4.70. The van der Waals surface area contributed by atoms with Gasteiger partial charge >= 0.3 is 5.69 Å². The highest BCUT2D eigenvalue weighted by Crippen LogP contribution is 2.30. The molecule has 1 aromatic heterocycles. The molecule has 0 aliphatic carbocycles. The Labute approximate surface area is 115 Å². The number of aryl methyl sites for hydroxylation is 1. The monoisotopic (exact) mass is 331 g/mol. The molecule has 0 saturated heterocycles. The summed E-state index contributed by atoms with van der Waals surface area (Å²) < 4.78 is 28.6. The lowest BCUT2D eigenvalue weighted by molar-refractivity contribution is -0.387. The van der Waals surface area contributed by atoms with Crippen molar-refractivity contribution in [1.29, 1.82) is 0 Å². The van der Waals surface area contributed by atoms with E-state index in [9.17, 15) is 18.9 Å². The normalized spacial score (nSPS) is 10.8. The standard InChI is InChI=1S/C11H8BrF2N3O2/c1-5-10(12)6(2)16(15-5)9-4-7(13)3-8(14)11(9)17(18)19/h3-4H,1-2H3. The third-order valence-corrected chi connectivity index (χ3v) is 3.77. The van der Waals surface area contributed by atoms with E-state index < -0.39 is 22.2 Å². The summed E-state index contributed by atoms with van der Waals surface area (Å²) in [6.07, 6.45) is 0. The van der Waals surface area contributed by atoms with Gasteiger partial charge in [0.2, 0.25) is 5.82 Å². The van der Waals surface area contributed by atoms with Gasteiger partial charge in [-0.15, -0.1) is 0 Å². The molecule has 5 nitrogen and oxygen atoms in total. The molecule has 0 saturated carbocycles. The van der Waals surface area contributed by atoms with Crippen molar-refractivity contribution >= 4 is 21.6 Å². The van der Waals surface area contributed by atoms with Gasteiger partial charge in [-0.25, -0.2) is 9.07 Å². The Balaban J connectivity index is 2.81. The highest BCUT2D eigenvalue weighted by molar-refractivity contribution is 9.10. The van der Waals surface area contributed by atoms with Crippen LogP contribution in [0.3, 0.4) is 0 Å². The molecule has 0 N–H and O–H groups in total. The number of aromatic nitrogens is 2. The van der Waals surface area contributed by atoms with Crippen LogP contribution in [0.5, 0.6) is 0 Å². The summed E-state index contributed by atoms with van der Waals surface area (Å²) in [5, 5.41) is 15.0. The molecule has 2 aromatic rings. The van der Waals surface area contributed by atoms with Crippen LogP contribution in [0, 0.1) is 35.6 Å². The predicted molar refractivity (Wildman–Crippen MR) is 67.3 cm³/mol. The second kappa shape index (κ2) is 4.69. The minimum Gasteiger partial charge on any atom is -0.258 e. The molecule has 2 rings (SSSR count). The van der Waals surface area contributed by atoms with Crippen LogP contribution < -0.4 is 0 Å². The highest BCUT2D eigenvalue weighted by Gasteiger charge is 2.25. The molecule has 0 radical (unpaired) electrons. The van der Waals surface area contributed by atoms with Crippen molar-refractivity contribution in [2.24, 2.45) is 0 Å². The van der Waals surface area contributed by atoms with Crippen molar-refractivity contribution in [3.05, 3.63) is 49.7 Å². The van der Waals surface area contributed by atoms with Gasteiger partial charge in [-0.3, -0.25) is 10.1 Å². The zero-order valence-corrected chi connectivity index (χ0v) is 11.5. The number of halogens is 3. The molecule has 0 aliphatic rings. The van der Waals surface area contributed by atoms with Crippen molar-refractivity contribution in [3.8, 4) is 5.69 Å². The van der Waals surface area contributed by atoms with Crippen LogP contribution in [-0.4, -0.2) is 14.7 Å². The lowest BCUT2D eigenvalue weighted by Crippen LogP contribution is -2.06. The number of hydrogen-bond acceptors (Lipinski definition) is 3. The van der Waals surface area contributed by atoms with Crippen LogP contribution in [0.15, 0.2) is 16.6 Å². The van der Waals surface area contributed by atoms with Crippen LogP contribution in [0.2, 0.25) is 0 Å². The lowest BCUT2D eigenvalue weighted by atomic mass is 10.2. The molecule has 0 atom stereocenters. The Hall–Kier alpha value is -1.83. The van der Waals surface area contributed by atoms with E-state index in [0.717, 1.165) is 10.7 Å². The second-order valence-electron chi connectivity index (χ2n) is 3.91. The summed E-state index contributed by atoms with van der Waals surface area (Å²) in [6, 6.07) is 1.36. The third-order valence-electron chi connectivity index (χ3n) is 2.62. The molecular formula is C11H8BrF2N3O2. The van der Waals surface area contributed by atoms with Crippen LogP contribution in [0.1, 0.15) is 11.4 Å². The van der Waals surface area contributed by atoms with Crippen LogP contribution in [0.25, 0.3) is 5.69 Å². The number of rotatable bonds is 2. The van der Waals surface area contributed by atoms with E-state index >= 15 is 0 Å². The maximum atomic E-state index is 13.6. The van der Waals surface area contributed by atoms with Gasteiger partial charge < -0.3 is 0 Å². The first kappa shape index (κ1) is 13.6. The largest absolute Gasteiger partial charge is 0.330 e. The Kier molecular flexibility index (Phi) is 3.36. The van der Waals surface area contributed by atoms with Gasteiger partial charge in [-0.1, -0.05) is 0 Å². The Morgan fingerprint density at radius 2 is 2.00 bits per heavy atom. The zero-order chi connectivity index (χ0) is 14.3. The van der Waals surface area contributed by atoms with Gasteiger partial charge in [0.25, 0.3) is 0 Å². The smallest absolute Gasteiger partial charge is 0.258 e. The number of benzene rings is 1. The van der Waals surface area contributed by atoms with Crippen LogP contribution in [0.4, 0.5) is 14.5 Å². The fourth-order valence-electron chi connectivity index (χ4n) is 1.75. The first-order valence-electron chi connectivity index (χ1n) is 5.18. The van der Waals surface area contributed by atoms with Crippen LogP contribution >= 0.6 is 15.9 Å². The van der Waals surface area contributed by atoms with Gasteiger partial charge in [-0.05, 0) is 29.8 Å². The molecule has 100 valence electrons. The van der Waals surface area contributed by atoms with Crippen molar-refractivity contribution < 1.29 is 13.7 Å². The lowest BCUT2D eigenvalue weighted by Gasteiger charge is -2.06. The summed E-state index contributed by atoms with van der Waals surface area (Å²) in [5.74, 6) is -2.13. The molecule has 0 fully saturated rings. The molecule has 0 amide bonds. The summed E-state index contributed by atoms with van der Waals surface area (Å²) in [7, 11) is 0. The molecular weight excluding hydrogens is 324 g/mol. The number of nitro benzene ring substituents is 1. The number of nitro groups is 1. The van der Waals surface area contributed by atoms with Crippen LogP contribution in [-0.2, 0) is 0 Å². The molecule has 1 aromatic carbocycles.